The lowest BCUT2D eigenvalue weighted by atomic mass is 10.2. The average molecular weight is 206 g/mol. The first-order valence-electron chi connectivity index (χ1n) is 4.80. The summed E-state index contributed by atoms with van der Waals surface area (Å²) in [6.45, 7) is 1.44. The highest BCUT2D eigenvalue weighted by molar-refractivity contribution is 6.17. The van der Waals surface area contributed by atoms with E-state index in [-0.39, 0.29) is 12.0 Å². The molecule has 0 spiro atoms. The molecule has 1 fully saturated rings. The summed E-state index contributed by atoms with van der Waals surface area (Å²) in [5.74, 6) is 0.697. The Morgan fingerprint density at radius 2 is 2.38 bits per heavy atom. The third-order valence-electron chi connectivity index (χ3n) is 2.08. The van der Waals surface area contributed by atoms with Crippen LogP contribution in [0.1, 0.15) is 25.7 Å². The van der Waals surface area contributed by atoms with Gasteiger partial charge in [0.1, 0.15) is 6.10 Å². The Bertz CT molecular complexity index is 158. The summed E-state index contributed by atoms with van der Waals surface area (Å²) in [6.07, 6.45) is 3.56. The standard InChI is InChI=1S/C9H16ClNO2/c10-5-1-2-6-11-9(12)8-4-3-7-13-8/h8H,1-7H2,(H,11,12). The minimum atomic E-state index is -0.198. The normalized spacial score (nSPS) is 21.8. The first-order valence-corrected chi connectivity index (χ1v) is 5.33. The molecule has 0 saturated carbocycles. The molecule has 4 heteroatoms. The van der Waals surface area contributed by atoms with Gasteiger partial charge < -0.3 is 10.1 Å². The van der Waals surface area contributed by atoms with E-state index in [1.54, 1.807) is 0 Å². The van der Waals surface area contributed by atoms with Gasteiger partial charge in [-0.3, -0.25) is 4.79 Å². The van der Waals surface area contributed by atoms with E-state index in [0.717, 1.165) is 32.3 Å². The molecule has 0 aromatic heterocycles. The summed E-state index contributed by atoms with van der Waals surface area (Å²) in [5, 5.41) is 2.84. The largest absolute Gasteiger partial charge is 0.368 e. The molecule has 0 aromatic carbocycles. The maximum absolute atomic E-state index is 11.3. The highest BCUT2D eigenvalue weighted by Crippen LogP contribution is 2.11. The van der Waals surface area contributed by atoms with Crippen molar-refractivity contribution in [1.29, 1.82) is 0 Å². The van der Waals surface area contributed by atoms with Gasteiger partial charge in [-0.2, -0.15) is 0 Å². The Kier molecular flexibility index (Phi) is 5.16. The molecule has 1 rings (SSSR count). The second-order valence-electron chi connectivity index (χ2n) is 3.19. The number of ether oxygens (including phenoxy) is 1. The van der Waals surface area contributed by atoms with Gasteiger partial charge in [0.15, 0.2) is 0 Å². The van der Waals surface area contributed by atoms with Crippen LogP contribution < -0.4 is 5.32 Å². The molecule has 0 aliphatic carbocycles. The molecule has 1 N–H and O–H groups in total. The van der Waals surface area contributed by atoms with E-state index in [1.165, 1.54) is 0 Å². The molecule has 1 saturated heterocycles. The number of carbonyl (C=O) groups excluding carboxylic acids is 1. The minimum Gasteiger partial charge on any atom is -0.368 e. The zero-order valence-electron chi connectivity index (χ0n) is 7.72. The summed E-state index contributed by atoms with van der Waals surface area (Å²) in [7, 11) is 0. The SMILES string of the molecule is O=C(NCCCCCl)C1CCCO1. The molecule has 1 aliphatic rings. The average Bonchev–Trinajstić information content (AvgIpc) is 2.65. The molecule has 76 valence electrons. The Balaban J connectivity index is 2.03. The third kappa shape index (κ3) is 3.96. The molecule has 1 heterocycles. The van der Waals surface area contributed by atoms with Gasteiger partial charge in [0.2, 0.25) is 5.91 Å². The van der Waals surface area contributed by atoms with Gasteiger partial charge in [-0.05, 0) is 25.7 Å². The number of unbranched alkanes of at least 4 members (excludes halogenated alkanes) is 1. The van der Waals surface area contributed by atoms with Gasteiger partial charge in [-0.1, -0.05) is 0 Å². The maximum atomic E-state index is 11.3. The van der Waals surface area contributed by atoms with Crippen molar-refractivity contribution in [3.63, 3.8) is 0 Å². The van der Waals surface area contributed by atoms with E-state index in [2.05, 4.69) is 5.32 Å². The maximum Gasteiger partial charge on any atom is 0.249 e. The second-order valence-corrected chi connectivity index (χ2v) is 3.57. The quantitative estimate of drug-likeness (QED) is 0.543. The Morgan fingerprint density at radius 3 is 3.00 bits per heavy atom. The van der Waals surface area contributed by atoms with Crippen molar-refractivity contribution in [2.75, 3.05) is 19.0 Å². The van der Waals surface area contributed by atoms with Crippen LogP contribution in [0.2, 0.25) is 0 Å². The molecule has 0 bridgehead atoms. The van der Waals surface area contributed by atoms with Crippen LogP contribution in [-0.2, 0) is 9.53 Å². The van der Waals surface area contributed by atoms with Crippen molar-refractivity contribution in [3.8, 4) is 0 Å². The van der Waals surface area contributed by atoms with Crippen molar-refractivity contribution in [2.24, 2.45) is 0 Å². The molecular weight excluding hydrogens is 190 g/mol. The molecule has 1 amide bonds. The van der Waals surface area contributed by atoms with Crippen molar-refractivity contribution in [3.05, 3.63) is 0 Å². The zero-order chi connectivity index (χ0) is 9.52. The van der Waals surface area contributed by atoms with Crippen molar-refractivity contribution < 1.29 is 9.53 Å². The Hall–Kier alpha value is -0.280. The lowest BCUT2D eigenvalue weighted by Crippen LogP contribution is -2.34. The van der Waals surface area contributed by atoms with Crippen LogP contribution in [0, 0.1) is 0 Å². The molecule has 13 heavy (non-hydrogen) atoms. The fraction of sp³-hybridized carbons (Fsp3) is 0.889. The van der Waals surface area contributed by atoms with Crippen LogP contribution in [-0.4, -0.2) is 31.0 Å². The summed E-state index contributed by atoms with van der Waals surface area (Å²) >= 11 is 5.51. The third-order valence-corrected chi connectivity index (χ3v) is 2.35. The minimum absolute atomic E-state index is 0.0343. The molecular formula is C9H16ClNO2. The zero-order valence-corrected chi connectivity index (χ0v) is 8.48. The number of carbonyl (C=O) groups is 1. The van der Waals surface area contributed by atoms with E-state index in [9.17, 15) is 4.79 Å². The number of hydrogen-bond acceptors (Lipinski definition) is 2. The van der Waals surface area contributed by atoms with Crippen molar-refractivity contribution in [1.82, 2.24) is 5.32 Å². The Morgan fingerprint density at radius 1 is 1.54 bits per heavy atom. The van der Waals surface area contributed by atoms with Gasteiger partial charge in [-0.25, -0.2) is 0 Å². The monoisotopic (exact) mass is 205 g/mol. The first kappa shape index (κ1) is 10.8. The fourth-order valence-corrected chi connectivity index (χ4v) is 1.52. The van der Waals surface area contributed by atoms with Crippen LogP contribution in [0.15, 0.2) is 0 Å². The predicted octanol–water partition coefficient (Wildman–Crippen LogP) is 1.30. The van der Waals surface area contributed by atoms with Crippen LogP contribution >= 0.6 is 11.6 Å². The van der Waals surface area contributed by atoms with Gasteiger partial charge in [0.05, 0.1) is 0 Å². The molecule has 1 atom stereocenters. The molecule has 1 aliphatic heterocycles. The van der Waals surface area contributed by atoms with E-state index in [0.29, 0.717) is 12.4 Å². The van der Waals surface area contributed by atoms with Crippen molar-refractivity contribution in [2.45, 2.75) is 31.8 Å². The van der Waals surface area contributed by atoms with Crippen LogP contribution in [0.25, 0.3) is 0 Å². The summed E-state index contributed by atoms with van der Waals surface area (Å²) in [5.41, 5.74) is 0. The summed E-state index contributed by atoms with van der Waals surface area (Å²) < 4.78 is 5.23. The number of nitrogens with one attached hydrogen (secondary N) is 1. The number of halogens is 1. The number of amides is 1. The van der Waals surface area contributed by atoms with E-state index in [1.807, 2.05) is 0 Å². The fourth-order valence-electron chi connectivity index (χ4n) is 1.33. The van der Waals surface area contributed by atoms with E-state index < -0.39 is 0 Å². The summed E-state index contributed by atoms with van der Waals surface area (Å²) in [6, 6.07) is 0. The van der Waals surface area contributed by atoms with Gasteiger partial charge in [-0.15, -0.1) is 11.6 Å². The van der Waals surface area contributed by atoms with Gasteiger partial charge in [0, 0.05) is 19.0 Å². The van der Waals surface area contributed by atoms with E-state index in [4.69, 9.17) is 16.3 Å². The van der Waals surface area contributed by atoms with Gasteiger partial charge in [0.25, 0.3) is 0 Å². The second kappa shape index (κ2) is 6.22. The molecule has 3 nitrogen and oxygen atoms in total. The summed E-state index contributed by atoms with van der Waals surface area (Å²) in [4.78, 5) is 11.3. The topological polar surface area (TPSA) is 38.3 Å². The number of alkyl halides is 1. The molecule has 1 unspecified atom stereocenters. The highest BCUT2D eigenvalue weighted by Gasteiger charge is 2.22. The molecule has 0 radical (unpaired) electrons. The van der Waals surface area contributed by atoms with Crippen LogP contribution in [0.3, 0.4) is 0 Å². The number of rotatable bonds is 5. The smallest absolute Gasteiger partial charge is 0.249 e. The van der Waals surface area contributed by atoms with E-state index >= 15 is 0 Å². The lowest BCUT2D eigenvalue weighted by molar-refractivity contribution is -0.130. The lowest BCUT2D eigenvalue weighted by Gasteiger charge is -2.09. The Labute approximate surface area is 83.8 Å². The van der Waals surface area contributed by atoms with Crippen LogP contribution in [0.5, 0.6) is 0 Å². The van der Waals surface area contributed by atoms with Gasteiger partial charge >= 0.3 is 0 Å². The van der Waals surface area contributed by atoms with Crippen molar-refractivity contribution >= 4 is 17.5 Å². The predicted molar refractivity (Wildman–Crippen MR) is 51.9 cm³/mol. The number of hydrogen-bond donors (Lipinski definition) is 1. The highest BCUT2D eigenvalue weighted by atomic mass is 35.5. The van der Waals surface area contributed by atoms with Crippen LogP contribution in [0.4, 0.5) is 0 Å². The first-order chi connectivity index (χ1) is 6.34. The molecule has 0 aromatic rings.